The van der Waals surface area contributed by atoms with E-state index < -0.39 is 0 Å². The van der Waals surface area contributed by atoms with Gasteiger partial charge in [0.2, 0.25) is 0 Å². The van der Waals surface area contributed by atoms with E-state index in [0.717, 1.165) is 5.69 Å². The molecule has 98 valence electrons. The number of fused-ring (bicyclic) bond motifs is 1. The molecule has 0 radical (unpaired) electrons. The summed E-state index contributed by atoms with van der Waals surface area (Å²) in [5.74, 6) is 0. The number of nitrogens with one attached hydrogen (secondary N) is 1. The number of anilines is 1. The van der Waals surface area contributed by atoms with Crippen LogP contribution in [0.25, 0.3) is 5.69 Å². The van der Waals surface area contributed by atoms with Crippen LogP contribution in [-0.4, -0.2) is 19.7 Å². The molecule has 1 N–H and O–H groups in total. The Morgan fingerprint density at radius 2 is 2.37 bits per heavy atom. The van der Waals surface area contributed by atoms with E-state index in [1.807, 2.05) is 10.8 Å². The highest BCUT2D eigenvalue weighted by atomic mass is 127. The summed E-state index contributed by atoms with van der Waals surface area (Å²) in [6.07, 6.45) is 3.37. The number of rotatable bonds is 3. The molecule has 0 spiro atoms. The fourth-order valence-corrected chi connectivity index (χ4v) is 3.68. The second-order valence-electron chi connectivity index (χ2n) is 3.81. The minimum absolute atomic E-state index is 0.104. The van der Waals surface area contributed by atoms with Gasteiger partial charge in [0.15, 0.2) is 0 Å². The number of nitrogens with zero attached hydrogens (tertiary/aromatic N) is 5. The van der Waals surface area contributed by atoms with Gasteiger partial charge in [0.25, 0.3) is 5.69 Å². The van der Waals surface area contributed by atoms with Crippen LogP contribution in [0.2, 0.25) is 0 Å². The van der Waals surface area contributed by atoms with Crippen molar-refractivity contribution in [3.05, 3.63) is 40.5 Å². The van der Waals surface area contributed by atoms with Crippen molar-refractivity contribution < 1.29 is 4.92 Å². The smallest absolute Gasteiger partial charge is 0.278 e. The van der Waals surface area contributed by atoms with Gasteiger partial charge in [0.1, 0.15) is 12.7 Å². The predicted molar refractivity (Wildman–Crippen MR) is 79.7 cm³/mol. The predicted octanol–water partition coefficient (Wildman–Crippen LogP) is 1.94. The Balaban J connectivity index is 2.19. The Morgan fingerprint density at radius 1 is 1.53 bits per heavy atom. The maximum absolute atomic E-state index is 11.2. The average molecular weight is 390 g/mol. The monoisotopic (exact) mass is 390 g/mol. The van der Waals surface area contributed by atoms with Crippen LogP contribution in [-0.2, 0) is 6.54 Å². The van der Waals surface area contributed by atoms with Crippen molar-refractivity contribution >= 4 is 39.8 Å². The Morgan fingerprint density at radius 3 is 3.00 bits per heavy atom. The minimum Gasteiger partial charge on any atom is -0.280 e. The summed E-state index contributed by atoms with van der Waals surface area (Å²) in [7, 11) is 0. The number of hydrogen-bond acceptors (Lipinski definition) is 6. The molecule has 0 fully saturated rings. The van der Waals surface area contributed by atoms with E-state index in [1.54, 1.807) is 0 Å². The Labute approximate surface area is 122 Å². The second-order valence-corrected chi connectivity index (χ2v) is 5.88. The Bertz CT molecular complexity index is 634. The van der Waals surface area contributed by atoms with Crippen molar-refractivity contribution in [2.75, 3.05) is 4.78 Å². The zero-order chi connectivity index (χ0) is 13.4. The lowest BCUT2D eigenvalue weighted by atomic mass is 10.1. The molecule has 19 heavy (non-hydrogen) atoms. The van der Waals surface area contributed by atoms with Crippen LogP contribution in [0.15, 0.2) is 24.8 Å². The molecule has 3 rings (SSSR count). The van der Waals surface area contributed by atoms with E-state index in [9.17, 15) is 10.1 Å². The first-order valence-electron chi connectivity index (χ1n) is 5.27. The largest absolute Gasteiger partial charge is 0.280 e. The fourth-order valence-electron chi connectivity index (χ4n) is 1.96. The molecule has 1 aliphatic rings. The van der Waals surface area contributed by atoms with Crippen molar-refractivity contribution in [3.8, 4) is 5.69 Å². The molecule has 8 nitrogen and oxygen atoms in total. The van der Waals surface area contributed by atoms with Crippen LogP contribution in [0, 0.1) is 10.1 Å². The van der Waals surface area contributed by atoms with E-state index in [-0.39, 0.29) is 10.6 Å². The summed E-state index contributed by atoms with van der Waals surface area (Å²) in [5, 5.41) is 15.2. The maximum Gasteiger partial charge on any atom is 0.278 e. The molecule has 0 amide bonds. The standard InChI is InChI=1S/C9H8IN6O2P/c10-19-15-8-1-6(14-5-11-4-13-14)2-9(16(17)18)7(8)3-12-15/h1-2,4-5,12,19H,3H2. The minimum atomic E-state index is -0.360. The van der Waals surface area contributed by atoms with Gasteiger partial charge in [-0.25, -0.2) is 15.1 Å². The summed E-state index contributed by atoms with van der Waals surface area (Å²) in [6, 6.07) is 3.40. The highest BCUT2D eigenvalue weighted by Gasteiger charge is 2.28. The molecule has 0 aliphatic carbocycles. The van der Waals surface area contributed by atoms with Crippen LogP contribution in [0.1, 0.15) is 5.56 Å². The molecule has 1 unspecified atom stereocenters. The van der Waals surface area contributed by atoms with Crippen molar-refractivity contribution in [2.45, 2.75) is 6.54 Å². The topological polar surface area (TPSA) is 89.1 Å². The van der Waals surface area contributed by atoms with Gasteiger partial charge in [0, 0.05) is 12.6 Å². The van der Waals surface area contributed by atoms with Crippen molar-refractivity contribution in [1.29, 1.82) is 0 Å². The molecule has 1 aromatic heterocycles. The molecule has 2 heterocycles. The zero-order valence-corrected chi connectivity index (χ0v) is 12.6. The van der Waals surface area contributed by atoms with Gasteiger partial charge in [0.05, 0.1) is 28.2 Å². The lowest BCUT2D eigenvalue weighted by Gasteiger charge is -2.15. The Hall–Kier alpha value is -1.32. The molecular formula is C9H8IN6O2P. The number of hydrogen-bond donors (Lipinski definition) is 1. The SMILES string of the molecule is O=[N+]([O-])c1cc(-n2cncn2)cc2c1CNN2PI. The van der Waals surface area contributed by atoms with Crippen LogP contribution in [0.4, 0.5) is 11.4 Å². The molecule has 0 saturated carbocycles. The second kappa shape index (κ2) is 4.99. The molecule has 1 atom stereocenters. The highest BCUT2D eigenvalue weighted by Crippen LogP contribution is 2.42. The van der Waals surface area contributed by atoms with Crippen LogP contribution in [0.3, 0.4) is 0 Å². The summed E-state index contributed by atoms with van der Waals surface area (Å²) in [4.78, 5) is 14.7. The van der Waals surface area contributed by atoms with Crippen molar-refractivity contribution in [3.63, 3.8) is 0 Å². The lowest BCUT2D eigenvalue weighted by molar-refractivity contribution is -0.385. The third kappa shape index (κ3) is 2.17. The average Bonchev–Trinajstić information content (AvgIpc) is 3.06. The number of nitro groups is 1. The summed E-state index contributed by atoms with van der Waals surface area (Å²) < 4.78 is 3.42. The molecule has 0 saturated heterocycles. The normalized spacial score (nSPS) is 14.3. The fraction of sp³-hybridized carbons (Fsp3) is 0.111. The zero-order valence-electron chi connectivity index (χ0n) is 9.45. The number of nitro benzene ring substituents is 1. The molecule has 10 heteroatoms. The van der Waals surface area contributed by atoms with E-state index in [4.69, 9.17) is 0 Å². The van der Waals surface area contributed by atoms with Gasteiger partial charge < -0.3 is 0 Å². The van der Waals surface area contributed by atoms with Gasteiger partial charge in [-0.2, -0.15) is 5.10 Å². The highest BCUT2D eigenvalue weighted by molar-refractivity contribution is 14.2. The van der Waals surface area contributed by atoms with E-state index >= 15 is 0 Å². The molecule has 1 aliphatic heterocycles. The van der Waals surface area contributed by atoms with E-state index in [1.165, 1.54) is 23.4 Å². The molecule has 0 bridgehead atoms. The number of hydrazine groups is 1. The van der Waals surface area contributed by atoms with Gasteiger partial charge in [-0.3, -0.25) is 14.9 Å². The first kappa shape index (κ1) is 12.7. The third-order valence-electron chi connectivity index (χ3n) is 2.81. The van der Waals surface area contributed by atoms with E-state index in [2.05, 4.69) is 37.5 Å². The molecule has 2 aromatic rings. The number of benzene rings is 1. The Kier molecular flexibility index (Phi) is 3.33. The van der Waals surface area contributed by atoms with Gasteiger partial charge in [-0.1, -0.05) is 0 Å². The van der Waals surface area contributed by atoms with Crippen LogP contribution < -0.4 is 10.2 Å². The van der Waals surface area contributed by atoms with Crippen LogP contribution in [0.5, 0.6) is 0 Å². The lowest BCUT2D eigenvalue weighted by Crippen LogP contribution is -2.21. The summed E-state index contributed by atoms with van der Waals surface area (Å²) in [6.45, 7) is 0.472. The summed E-state index contributed by atoms with van der Waals surface area (Å²) >= 11 is 2.23. The first-order chi connectivity index (χ1) is 9.20. The van der Waals surface area contributed by atoms with Crippen LogP contribution >= 0.6 is 28.4 Å². The first-order valence-corrected chi connectivity index (χ1v) is 9.33. The number of halogens is 1. The van der Waals surface area contributed by atoms with Crippen molar-refractivity contribution in [2.24, 2.45) is 0 Å². The quantitative estimate of drug-likeness (QED) is 0.373. The molecule has 1 aromatic carbocycles. The van der Waals surface area contributed by atoms with Gasteiger partial charge in [-0.15, -0.1) is 0 Å². The van der Waals surface area contributed by atoms with Crippen molar-refractivity contribution in [1.82, 2.24) is 20.2 Å². The molecular weight excluding hydrogens is 382 g/mol. The summed E-state index contributed by atoms with van der Waals surface area (Å²) in [5.41, 5.74) is 5.40. The van der Waals surface area contributed by atoms with Gasteiger partial charge >= 0.3 is 0 Å². The van der Waals surface area contributed by atoms with E-state index in [0.29, 0.717) is 24.2 Å². The number of aromatic nitrogens is 3. The third-order valence-corrected chi connectivity index (χ3v) is 4.82. The maximum atomic E-state index is 11.2. The van der Waals surface area contributed by atoms with Gasteiger partial charge in [-0.05, 0) is 28.1 Å².